The maximum Gasteiger partial charge on any atom is 0.319 e. The molecule has 2 heterocycles. The summed E-state index contributed by atoms with van der Waals surface area (Å²) in [6.45, 7) is 17.1. The van der Waals surface area contributed by atoms with Crippen molar-refractivity contribution >= 4 is 31.8 Å². The lowest BCUT2D eigenvalue weighted by Crippen LogP contribution is -2.55. The van der Waals surface area contributed by atoms with E-state index in [4.69, 9.17) is 9.73 Å². The van der Waals surface area contributed by atoms with E-state index in [-0.39, 0.29) is 29.6 Å². The van der Waals surface area contributed by atoms with Gasteiger partial charge in [-0.25, -0.2) is 4.79 Å². The molecule has 1 aromatic rings. The molecule has 0 bridgehead atoms. The molecule has 0 radical (unpaired) electrons. The molecule has 0 spiro atoms. The van der Waals surface area contributed by atoms with Crippen LogP contribution < -0.4 is 10.6 Å². The normalized spacial score (nSPS) is 20.5. The fourth-order valence-electron chi connectivity index (χ4n) is 5.77. The maximum atomic E-state index is 13.7. The summed E-state index contributed by atoms with van der Waals surface area (Å²) < 4.78 is 5.60. The zero-order chi connectivity index (χ0) is 28.8. The highest BCUT2D eigenvalue weighted by atomic mass is 28.3. The first-order valence-electron chi connectivity index (χ1n) is 14.0. The van der Waals surface area contributed by atoms with Crippen LogP contribution in [0.4, 0.5) is 4.79 Å². The van der Waals surface area contributed by atoms with Crippen molar-refractivity contribution in [1.82, 2.24) is 15.5 Å². The zero-order valence-electron chi connectivity index (χ0n) is 24.7. The molecule has 2 aliphatic heterocycles. The van der Waals surface area contributed by atoms with Gasteiger partial charge in [0.25, 0.3) is 0 Å². The van der Waals surface area contributed by atoms with Gasteiger partial charge in [0, 0.05) is 10.6 Å². The Morgan fingerprint density at radius 2 is 1.74 bits per heavy atom. The molecule has 0 aromatic heterocycles. The standard InChI is InChI=1S/C30H44N4O4Si/c1-28(2,3)26(36)38-19-23(20-13-10-9-11-14-20)32-27(37)34-18-21-22(29(34,4)5)17-31-24(21)33-25(35)30(15-12-16-30)39(6,7)8/h9-11,13-14,23H,12,15-19H2,1-8H3,(H,32,37)(H,31,33,35)/t23-/m1/s1. The summed E-state index contributed by atoms with van der Waals surface area (Å²) in [5.41, 5.74) is 1.63. The van der Waals surface area contributed by atoms with Crippen molar-refractivity contribution in [2.24, 2.45) is 10.4 Å². The van der Waals surface area contributed by atoms with Gasteiger partial charge in [-0.15, -0.1) is 0 Å². The van der Waals surface area contributed by atoms with Crippen molar-refractivity contribution in [3.63, 3.8) is 0 Å². The number of esters is 1. The Kier molecular flexibility index (Phi) is 7.62. The number of amides is 3. The third kappa shape index (κ3) is 5.42. The summed E-state index contributed by atoms with van der Waals surface area (Å²) in [4.78, 5) is 46.2. The Labute approximate surface area is 233 Å². The third-order valence-corrected chi connectivity index (χ3v) is 12.4. The van der Waals surface area contributed by atoms with E-state index in [1.54, 1.807) is 25.7 Å². The van der Waals surface area contributed by atoms with Crippen LogP contribution in [0.25, 0.3) is 0 Å². The highest BCUT2D eigenvalue weighted by Gasteiger charge is 2.54. The first-order valence-corrected chi connectivity index (χ1v) is 17.5. The summed E-state index contributed by atoms with van der Waals surface area (Å²) in [5.74, 6) is 0.381. The number of nitrogens with zero attached hydrogens (tertiary/aromatic N) is 2. The molecule has 1 aliphatic carbocycles. The molecular formula is C30H44N4O4Si. The van der Waals surface area contributed by atoms with Crippen molar-refractivity contribution in [2.45, 2.75) is 90.1 Å². The number of hydrogen-bond acceptors (Lipinski definition) is 5. The van der Waals surface area contributed by atoms with Crippen molar-refractivity contribution in [3.05, 3.63) is 47.0 Å². The van der Waals surface area contributed by atoms with Gasteiger partial charge < -0.3 is 20.3 Å². The number of hydrogen-bond donors (Lipinski definition) is 2. The lowest BCUT2D eigenvalue weighted by molar-refractivity contribution is -0.153. The molecule has 3 aliphatic rings. The zero-order valence-corrected chi connectivity index (χ0v) is 25.7. The van der Waals surface area contributed by atoms with Crippen LogP contribution in [0.15, 0.2) is 46.5 Å². The molecule has 3 amide bonds. The molecule has 4 rings (SSSR count). The fraction of sp³-hybridized carbons (Fsp3) is 0.600. The Morgan fingerprint density at radius 1 is 1.10 bits per heavy atom. The quantitative estimate of drug-likeness (QED) is 0.374. The summed E-state index contributed by atoms with van der Waals surface area (Å²) in [6.07, 6.45) is 2.97. The number of carbonyl (C=O) groups is 3. The van der Waals surface area contributed by atoms with Crippen LogP contribution in [-0.2, 0) is 14.3 Å². The highest BCUT2D eigenvalue weighted by molar-refractivity contribution is 6.82. The number of nitrogens with one attached hydrogen (secondary N) is 2. The predicted octanol–water partition coefficient (Wildman–Crippen LogP) is 5.21. The third-order valence-electron chi connectivity index (χ3n) is 8.82. The number of aliphatic imine (C=N–C) groups is 1. The number of benzene rings is 1. The maximum absolute atomic E-state index is 13.7. The van der Waals surface area contributed by atoms with Crippen LogP contribution in [0.2, 0.25) is 24.7 Å². The molecule has 0 unspecified atom stereocenters. The molecule has 39 heavy (non-hydrogen) atoms. The van der Waals surface area contributed by atoms with E-state index in [2.05, 4.69) is 30.3 Å². The van der Waals surface area contributed by atoms with Gasteiger partial charge in [-0.3, -0.25) is 14.6 Å². The molecule has 1 aromatic carbocycles. The van der Waals surface area contributed by atoms with Crippen LogP contribution >= 0.6 is 0 Å². The minimum Gasteiger partial charge on any atom is -0.463 e. The fourth-order valence-corrected chi connectivity index (χ4v) is 8.37. The van der Waals surface area contributed by atoms with Crippen LogP contribution in [0, 0.1) is 5.41 Å². The molecule has 1 fully saturated rings. The smallest absolute Gasteiger partial charge is 0.319 e. The van der Waals surface area contributed by atoms with E-state index in [0.29, 0.717) is 18.9 Å². The lowest BCUT2D eigenvalue weighted by Gasteiger charge is -2.49. The van der Waals surface area contributed by atoms with Crippen molar-refractivity contribution in [3.8, 4) is 0 Å². The second kappa shape index (κ2) is 10.2. The van der Waals surface area contributed by atoms with Crippen LogP contribution in [0.5, 0.6) is 0 Å². The lowest BCUT2D eigenvalue weighted by atomic mass is 9.83. The summed E-state index contributed by atoms with van der Waals surface area (Å²) in [5, 5.41) is 6.04. The molecule has 1 atom stereocenters. The minimum absolute atomic E-state index is 0.0365. The largest absolute Gasteiger partial charge is 0.463 e. The SMILES string of the molecule is CC(C)(C)C(=O)OC[C@@H](NC(=O)N1CC2=C(CN=C2NC(=O)C2([Si](C)(C)C)CCC2)C1(C)C)c1ccccc1. The second-order valence-corrected chi connectivity index (χ2v) is 19.1. The van der Waals surface area contributed by atoms with Gasteiger partial charge in [0.15, 0.2) is 0 Å². The second-order valence-electron chi connectivity index (χ2n) is 13.7. The van der Waals surface area contributed by atoms with Crippen molar-refractivity contribution in [1.29, 1.82) is 0 Å². The van der Waals surface area contributed by atoms with Gasteiger partial charge in [-0.1, -0.05) is 56.4 Å². The number of amidine groups is 1. The average molecular weight is 553 g/mol. The Bertz CT molecular complexity index is 1200. The highest BCUT2D eigenvalue weighted by Crippen LogP contribution is 2.55. The molecule has 1 saturated carbocycles. The number of urea groups is 1. The minimum atomic E-state index is -1.72. The van der Waals surface area contributed by atoms with Crippen molar-refractivity contribution < 1.29 is 19.1 Å². The molecule has 9 heteroatoms. The summed E-state index contributed by atoms with van der Waals surface area (Å²) >= 11 is 0. The van der Waals surface area contributed by atoms with Crippen molar-refractivity contribution in [2.75, 3.05) is 19.7 Å². The Hall–Kier alpha value is -2.94. The first-order chi connectivity index (χ1) is 18.1. The Morgan fingerprint density at radius 3 is 2.28 bits per heavy atom. The van der Waals surface area contributed by atoms with Gasteiger partial charge in [0.2, 0.25) is 5.91 Å². The predicted molar refractivity (Wildman–Crippen MR) is 156 cm³/mol. The van der Waals surface area contributed by atoms with E-state index >= 15 is 0 Å². The monoisotopic (exact) mass is 552 g/mol. The van der Waals surface area contributed by atoms with Gasteiger partial charge in [-0.05, 0) is 58.6 Å². The molecule has 8 nitrogen and oxygen atoms in total. The molecule has 0 saturated heterocycles. The van der Waals surface area contributed by atoms with Gasteiger partial charge >= 0.3 is 12.0 Å². The van der Waals surface area contributed by atoms with E-state index < -0.39 is 25.1 Å². The Balaban J connectivity index is 1.48. The molecular weight excluding hydrogens is 508 g/mol. The number of rotatable bonds is 6. The van der Waals surface area contributed by atoms with Crippen LogP contribution in [-0.4, -0.2) is 62.0 Å². The number of carbonyl (C=O) groups excluding carboxylic acids is 3. The summed E-state index contributed by atoms with van der Waals surface area (Å²) in [6, 6.07) is 8.79. The topological polar surface area (TPSA) is 100 Å². The van der Waals surface area contributed by atoms with E-state index in [9.17, 15) is 14.4 Å². The molecule has 2 N–H and O–H groups in total. The van der Waals surface area contributed by atoms with Gasteiger partial charge in [0.1, 0.15) is 12.4 Å². The van der Waals surface area contributed by atoms with Crippen LogP contribution in [0.3, 0.4) is 0 Å². The average Bonchev–Trinajstić information content (AvgIpc) is 3.32. The van der Waals surface area contributed by atoms with Gasteiger partial charge in [-0.2, -0.15) is 0 Å². The van der Waals surface area contributed by atoms with Gasteiger partial charge in [0.05, 0.1) is 38.2 Å². The van der Waals surface area contributed by atoms with Crippen LogP contribution in [0.1, 0.15) is 65.5 Å². The summed E-state index contributed by atoms with van der Waals surface area (Å²) in [7, 11) is -1.72. The van der Waals surface area contributed by atoms with E-state index in [0.717, 1.165) is 36.0 Å². The van der Waals surface area contributed by atoms with E-state index in [1.807, 2.05) is 44.2 Å². The first kappa shape index (κ1) is 29.0. The number of ether oxygens (including phenoxy) is 1. The molecule has 212 valence electrons. The van der Waals surface area contributed by atoms with E-state index in [1.165, 1.54) is 0 Å².